The number of aliphatic hydroxyl groups excluding tert-OH is 2. The van der Waals surface area contributed by atoms with Crippen molar-refractivity contribution in [1.82, 2.24) is 0 Å². The van der Waals surface area contributed by atoms with Gasteiger partial charge in [-0.05, 0) is 25.1 Å². The van der Waals surface area contributed by atoms with E-state index in [-0.39, 0.29) is 17.2 Å². The van der Waals surface area contributed by atoms with Crippen LogP contribution in [0.15, 0.2) is 18.2 Å². The molecular formula is C11H12ClFO4. The Morgan fingerprint density at radius 3 is 2.76 bits per heavy atom. The lowest BCUT2D eigenvalue weighted by atomic mass is 10.0. The van der Waals surface area contributed by atoms with Gasteiger partial charge < -0.3 is 14.9 Å². The molecule has 0 aliphatic carbocycles. The highest BCUT2D eigenvalue weighted by Gasteiger charge is 2.29. The van der Waals surface area contributed by atoms with Crippen molar-refractivity contribution in [2.75, 3.05) is 6.61 Å². The van der Waals surface area contributed by atoms with Gasteiger partial charge >= 0.3 is 5.97 Å². The molecule has 4 nitrogen and oxygen atoms in total. The number of rotatable bonds is 4. The summed E-state index contributed by atoms with van der Waals surface area (Å²) in [6.45, 7) is 1.61. The van der Waals surface area contributed by atoms with Gasteiger partial charge in [0.25, 0.3) is 0 Å². The van der Waals surface area contributed by atoms with E-state index in [1.165, 1.54) is 6.07 Å². The van der Waals surface area contributed by atoms with Crippen molar-refractivity contribution in [2.24, 2.45) is 0 Å². The summed E-state index contributed by atoms with van der Waals surface area (Å²) in [5.41, 5.74) is -0.252. The topological polar surface area (TPSA) is 66.8 Å². The minimum atomic E-state index is -1.84. The summed E-state index contributed by atoms with van der Waals surface area (Å²) < 4.78 is 17.9. The van der Waals surface area contributed by atoms with Gasteiger partial charge in [0.1, 0.15) is 11.9 Å². The van der Waals surface area contributed by atoms with Gasteiger partial charge in [0, 0.05) is 10.6 Å². The van der Waals surface area contributed by atoms with Crippen molar-refractivity contribution in [3.8, 4) is 0 Å². The minimum Gasteiger partial charge on any atom is -0.464 e. The van der Waals surface area contributed by atoms with Crippen LogP contribution >= 0.6 is 11.6 Å². The number of benzene rings is 1. The zero-order valence-electron chi connectivity index (χ0n) is 9.06. The van der Waals surface area contributed by atoms with Gasteiger partial charge in [-0.3, -0.25) is 0 Å². The first-order valence-electron chi connectivity index (χ1n) is 4.95. The van der Waals surface area contributed by atoms with Crippen molar-refractivity contribution < 1.29 is 24.1 Å². The number of esters is 1. The summed E-state index contributed by atoms with van der Waals surface area (Å²) in [4.78, 5) is 11.2. The Hall–Kier alpha value is -1.17. The third kappa shape index (κ3) is 3.39. The molecular weight excluding hydrogens is 251 g/mol. The lowest BCUT2D eigenvalue weighted by molar-refractivity contribution is -0.159. The predicted molar refractivity (Wildman–Crippen MR) is 59.0 cm³/mol. The molecule has 1 rings (SSSR count). The molecule has 0 fully saturated rings. The average molecular weight is 263 g/mol. The van der Waals surface area contributed by atoms with Gasteiger partial charge in [0.2, 0.25) is 0 Å². The molecule has 6 heteroatoms. The molecule has 0 aliphatic heterocycles. The van der Waals surface area contributed by atoms with E-state index in [0.29, 0.717) is 0 Å². The normalized spacial score (nSPS) is 14.2. The van der Waals surface area contributed by atoms with Crippen LogP contribution in [0, 0.1) is 5.82 Å². The molecule has 0 spiro atoms. The van der Waals surface area contributed by atoms with E-state index in [1.807, 2.05) is 0 Å². The van der Waals surface area contributed by atoms with Gasteiger partial charge in [-0.15, -0.1) is 0 Å². The standard InChI is InChI=1S/C11H12ClFO4/c1-2-17-11(16)10(15)9(14)7-5-6(12)3-4-8(7)13/h3-5,9-10,14-15H,2H2,1H3. The molecule has 2 unspecified atom stereocenters. The van der Waals surface area contributed by atoms with Crippen molar-refractivity contribution in [1.29, 1.82) is 0 Å². The van der Waals surface area contributed by atoms with Crippen LogP contribution in [-0.4, -0.2) is 28.9 Å². The highest BCUT2D eigenvalue weighted by molar-refractivity contribution is 6.30. The van der Waals surface area contributed by atoms with Gasteiger partial charge in [-0.1, -0.05) is 11.6 Å². The molecule has 0 aliphatic rings. The lowest BCUT2D eigenvalue weighted by Crippen LogP contribution is -2.30. The second kappa shape index (κ2) is 5.95. The third-order valence-corrected chi connectivity index (χ3v) is 2.34. The molecule has 94 valence electrons. The number of aliphatic hydroxyl groups is 2. The highest BCUT2D eigenvalue weighted by atomic mass is 35.5. The molecule has 2 N–H and O–H groups in total. The molecule has 0 saturated carbocycles. The number of hydrogen-bond acceptors (Lipinski definition) is 4. The van der Waals surface area contributed by atoms with Gasteiger partial charge in [0.05, 0.1) is 6.61 Å². The molecule has 17 heavy (non-hydrogen) atoms. The SMILES string of the molecule is CCOC(=O)C(O)C(O)c1cc(Cl)ccc1F. The molecule has 1 aromatic rings. The second-order valence-electron chi connectivity index (χ2n) is 3.31. The third-order valence-electron chi connectivity index (χ3n) is 2.10. The van der Waals surface area contributed by atoms with E-state index in [2.05, 4.69) is 4.74 Å². The van der Waals surface area contributed by atoms with Crippen molar-refractivity contribution in [3.05, 3.63) is 34.6 Å². The van der Waals surface area contributed by atoms with Crippen LogP contribution in [0.4, 0.5) is 4.39 Å². The summed E-state index contributed by atoms with van der Waals surface area (Å²) in [5.74, 6) is -1.77. The van der Waals surface area contributed by atoms with Crippen LogP contribution in [0.3, 0.4) is 0 Å². The Bertz CT molecular complexity index is 410. The van der Waals surface area contributed by atoms with Crippen molar-refractivity contribution >= 4 is 17.6 Å². The van der Waals surface area contributed by atoms with E-state index < -0.39 is 24.0 Å². The maximum atomic E-state index is 13.3. The number of ether oxygens (including phenoxy) is 1. The molecule has 0 radical (unpaired) electrons. The zero-order chi connectivity index (χ0) is 13.0. The molecule has 2 atom stereocenters. The summed E-state index contributed by atoms with van der Waals surface area (Å²) in [6, 6.07) is 3.48. The van der Waals surface area contributed by atoms with Gasteiger partial charge in [-0.25, -0.2) is 9.18 Å². The average Bonchev–Trinajstić information content (AvgIpc) is 2.30. The number of carbonyl (C=O) groups excluding carboxylic acids is 1. The van der Waals surface area contributed by atoms with E-state index >= 15 is 0 Å². The van der Waals surface area contributed by atoms with Crippen LogP contribution in [0.2, 0.25) is 5.02 Å². The van der Waals surface area contributed by atoms with Crippen LogP contribution < -0.4 is 0 Å². The van der Waals surface area contributed by atoms with E-state index in [4.69, 9.17) is 11.6 Å². The Labute approximate surface area is 103 Å². The summed E-state index contributed by atoms with van der Waals surface area (Å²) in [6.07, 6.45) is -3.56. The van der Waals surface area contributed by atoms with Crippen molar-refractivity contribution in [3.63, 3.8) is 0 Å². The Kier molecular flexibility index (Phi) is 4.86. The minimum absolute atomic E-state index is 0.0562. The van der Waals surface area contributed by atoms with E-state index in [0.717, 1.165) is 12.1 Å². The summed E-state index contributed by atoms with van der Waals surface area (Å²) in [5, 5.41) is 19.3. The highest BCUT2D eigenvalue weighted by Crippen LogP contribution is 2.24. The lowest BCUT2D eigenvalue weighted by Gasteiger charge is -2.17. The summed E-state index contributed by atoms with van der Waals surface area (Å²) >= 11 is 5.63. The van der Waals surface area contributed by atoms with Gasteiger partial charge in [0.15, 0.2) is 6.10 Å². The van der Waals surface area contributed by atoms with E-state index in [1.54, 1.807) is 6.92 Å². The maximum absolute atomic E-state index is 13.3. The second-order valence-corrected chi connectivity index (χ2v) is 3.74. The smallest absolute Gasteiger partial charge is 0.338 e. The molecule has 0 amide bonds. The first kappa shape index (κ1) is 13.9. The monoisotopic (exact) mass is 262 g/mol. The quantitative estimate of drug-likeness (QED) is 0.806. The molecule has 0 heterocycles. The molecule has 0 bridgehead atoms. The molecule has 0 saturated heterocycles. The number of hydrogen-bond donors (Lipinski definition) is 2. The Morgan fingerprint density at radius 2 is 2.18 bits per heavy atom. The van der Waals surface area contributed by atoms with E-state index in [9.17, 15) is 19.4 Å². The largest absolute Gasteiger partial charge is 0.464 e. The van der Waals surface area contributed by atoms with Crippen LogP contribution in [-0.2, 0) is 9.53 Å². The zero-order valence-corrected chi connectivity index (χ0v) is 9.82. The molecule has 0 aromatic heterocycles. The first-order chi connectivity index (χ1) is 7.97. The fraction of sp³-hybridized carbons (Fsp3) is 0.364. The fourth-order valence-corrected chi connectivity index (χ4v) is 1.45. The Balaban J connectivity index is 2.91. The first-order valence-corrected chi connectivity index (χ1v) is 5.33. The Morgan fingerprint density at radius 1 is 1.53 bits per heavy atom. The van der Waals surface area contributed by atoms with Gasteiger partial charge in [-0.2, -0.15) is 0 Å². The van der Waals surface area contributed by atoms with Crippen molar-refractivity contribution in [2.45, 2.75) is 19.1 Å². The van der Waals surface area contributed by atoms with Crippen LogP contribution in [0.25, 0.3) is 0 Å². The predicted octanol–water partition coefficient (Wildman–Crippen LogP) is 1.44. The number of carbonyl (C=O) groups is 1. The summed E-state index contributed by atoms with van der Waals surface area (Å²) in [7, 11) is 0. The molecule has 1 aromatic carbocycles. The fourth-order valence-electron chi connectivity index (χ4n) is 1.27. The van der Waals surface area contributed by atoms with Crippen LogP contribution in [0.5, 0.6) is 0 Å². The number of halogens is 2. The maximum Gasteiger partial charge on any atom is 0.338 e. The van der Waals surface area contributed by atoms with Crippen LogP contribution in [0.1, 0.15) is 18.6 Å².